The van der Waals surface area contributed by atoms with E-state index in [-0.39, 0.29) is 0 Å². The molecule has 0 aliphatic rings. The molecule has 222 valence electrons. The van der Waals surface area contributed by atoms with Gasteiger partial charge in [0.2, 0.25) is 0 Å². The van der Waals surface area contributed by atoms with Crippen molar-refractivity contribution < 1.29 is 14.4 Å². The molecule has 0 heterocycles. The Labute approximate surface area is 230 Å². The highest BCUT2D eigenvalue weighted by molar-refractivity contribution is 7.30. The van der Waals surface area contributed by atoms with Gasteiger partial charge in [-0.3, -0.25) is 4.57 Å². The fraction of sp³-hybridized carbons (Fsp3) is 1.00. The smallest absolute Gasteiger partial charge is 0.314 e. The highest BCUT2D eigenvalue weighted by Crippen LogP contribution is 2.14. The van der Waals surface area contributed by atoms with Gasteiger partial charge in [-0.15, -0.1) is 0 Å². The fourth-order valence-electron chi connectivity index (χ4n) is 4.54. The Bertz CT molecular complexity index is 303. The van der Waals surface area contributed by atoms with Gasteiger partial charge in [0.05, 0.1) is 0 Å². The minimum Gasteiger partial charge on any atom is -0.326 e. The summed E-state index contributed by atoms with van der Waals surface area (Å²) in [7, 11) is -3.13. The second kappa shape index (κ2) is 42.2. The molecule has 0 aromatic rings. The van der Waals surface area contributed by atoms with Crippen molar-refractivity contribution in [1.82, 2.24) is 0 Å². The lowest BCUT2D eigenvalue weighted by atomic mass is 10.0. The summed E-state index contributed by atoms with van der Waals surface area (Å²) in [5.41, 5.74) is 0. The molecular formula is C32H71O3P. The van der Waals surface area contributed by atoms with Crippen LogP contribution in [0.4, 0.5) is 0 Å². The summed E-state index contributed by atoms with van der Waals surface area (Å²) in [5, 5.41) is 0. The van der Waals surface area contributed by atoms with Gasteiger partial charge < -0.3 is 9.79 Å². The lowest BCUT2D eigenvalue weighted by Crippen LogP contribution is -1.82. The van der Waals surface area contributed by atoms with Crippen LogP contribution in [0.1, 0.15) is 207 Å². The van der Waals surface area contributed by atoms with Crippen molar-refractivity contribution in [3.63, 3.8) is 0 Å². The van der Waals surface area contributed by atoms with Crippen molar-refractivity contribution in [3.05, 3.63) is 0 Å². The average Bonchev–Trinajstić information content (AvgIpc) is 2.85. The first kappa shape index (κ1) is 40.6. The molecule has 0 aromatic carbocycles. The molecule has 2 N–H and O–H groups in total. The molecule has 0 fully saturated rings. The summed E-state index contributed by atoms with van der Waals surface area (Å²) in [6.07, 6.45) is 40.8. The van der Waals surface area contributed by atoms with Crippen molar-refractivity contribution in [2.75, 3.05) is 0 Å². The third-order valence-electron chi connectivity index (χ3n) is 6.91. The topological polar surface area (TPSA) is 57.5 Å². The third kappa shape index (κ3) is 54.9. The summed E-state index contributed by atoms with van der Waals surface area (Å²) in [4.78, 5) is 14.3. The minimum atomic E-state index is -3.13. The molecular weight excluding hydrogens is 463 g/mol. The van der Waals surface area contributed by atoms with Crippen LogP contribution in [0.25, 0.3) is 0 Å². The van der Waals surface area contributed by atoms with Crippen molar-refractivity contribution in [2.24, 2.45) is 0 Å². The van der Waals surface area contributed by atoms with Gasteiger partial charge in [0.25, 0.3) is 0 Å². The Kier molecular flexibility index (Phi) is 47.7. The molecule has 0 bridgehead atoms. The van der Waals surface area contributed by atoms with E-state index in [2.05, 4.69) is 27.7 Å². The molecule has 0 aliphatic carbocycles. The first-order chi connectivity index (χ1) is 17.6. The van der Waals surface area contributed by atoms with Crippen molar-refractivity contribution in [3.8, 4) is 0 Å². The molecule has 4 heteroatoms. The second-order valence-corrected chi connectivity index (χ2v) is 11.3. The van der Waals surface area contributed by atoms with Gasteiger partial charge in [-0.25, -0.2) is 0 Å². The number of hydrogen-bond donors (Lipinski definition) is 2. The van der Waals surface area contributed by atoms with E-state index >= 15 is 0 Å². The Hall–Kier alpha value is 0.150. The summed E-state index contributed by atoms with van der Waals surface area (Å²) in [6.45, 7) is 9.16. The zero-order chi connectivity index (χ0) is 27.4. The number of rotatable bonds is 26. The summed E-state index contributed by atoms with van der Waals surface area (Å²) in [6, 6.07) is 0. The van der Waals surface area contributed by atoms with Crippen LogP contribution in [0, 0.1) is 0 Å². The molecule has 0 saturated heterocycles. The van der Waals surface area contributed by atoms with Gasteiger partial charge in [-0.05, 0) is 0 Å². The van der Waals surface area contributed by atoms with E-state index in [0.29, 0.717) is 0 Å². The Morgan fingerprint density at radius 1 is 0.306 bits per heavy atom. The van der Waals surface area contributed by atoms with Crippen LogP contribution >= 0.6 is 8.25 Å². The van der Waals surface area contributed by atoms with Gasteiger partial charge in [-0.2, -0.15) is 0 Å². The van der Waals surface area contributed by atoms with Crippen LogP contribution in [-0.2, 0) is 4.57 Å². The third-order valence-corrected chi connectivity index (χ3v) is 6.91. The minimum absolute atomic E-state index is 1.37. The Morgan fingerprint density at radius 2 is 0.389 bits per heavy atom. The van der Waals surface area contributed by atoms with E-state index in [9.17, 15) is 0 Å². The van der Waals surface area contributed by atoms with Gasteiger partial charge in [0.15, 0.2) is 0 Å². The molecule has 0 radical (unpaired) electrons. The van der Waals surface area contributed by atoms with E-state index in [0.717, 1.165) is 0 Å². The quantitative estimate of drug-likeness (QED) is 0.0856. The lowest BCUT2D eigenvalue weighted by Gasteiger charge is -2.02. The first-order valence-electron chi connectivity index (χ1n) is 16.5. The Balaban J connectivity index is -0.000000526. The predicted molar refractivity (Wildman–Crippen MR) is 165 cm³/mol. The molecule has 0 rings (SSSR count). The van der Waals surface area contributed by atoms with E-state index in [1.165, 1.54) is 180 Å². The first-order valence-corrected chi connectivity index (χ1v) is 17.8. The molecule has 0 aromatic heterocycles. The van der Waals surface area contributed by atoms with Crippen LogP contribution in [0.2, 0.25) is 0 Å². The van der Waals surface area contributed by atoms with E-state index in [4.69, 9.17) is 14.4 Å². The van der Waals surface area contributed by atoms with Gasteiger partial charge in [0, 0.05) is 0 Å². The van der Waals surface area contributed by atoms with E-state index < -0.39 is 8.25 Å². The van der Waals surface area contributed by atoms with Crippen LogP contribution in [0.3, 0.4) is 0 Å². The standard InChI is InChI=1S/2C16H34.H3O3P/c2*1-3-5-7-9-11-13-15-16-14-12-10-8-6-4-2;1-4(2)3/h2*3-16H2,1-2H3;4H,(H2,1,2,3). The molecule has 0 unspecified atom stereocenters. The van der Waals surface area contributed by atoms with Gasteiger partial charge in [-0.1, -0.05) is 207 Å². The van der Waals surface area contributed by atoms with Gasteiger partial charge in [0.1, 0.15) is 0 Å². The van der Waals surface area contributed by atoms with Gasteiger partial charge >= 0.3 is 8.25 Å². The molecule has 36 heavy (non-hydrogen) atoms. The average molecular weight is 535 g/mol. The zero-order valence-corrected chi connectivity index (χ0v) is 26.6. The van der Waals surface area contributed by atoms with Crippen LogP contribution in [0.15, 0.2) is 0 Å². The van der Waals surface area contributed by atoms with Crippen molar-refractivity contribution >= 4 is 8.25 Å². The summed E-state index contributed by atoms with van der Waals surface area (Å²) < 4.78 is 8.74. The molecule has 0 atom stereocenters. The highest BCUT2D eigenvalue weighted by atomic mass is 31.1. The predicted octanol–water partition coefficient (Wildman–Crippen LogP) is 12.3. The monoisotopic (exact) mass is 535 g/mol. The zero-order valence-electron chi connectivity index (χ0n) is 25.6. The SMILES string of the molecule is CCCCCCCCCCCCCCCC.CCCCCCCCCCCCCCCC.O=[PH](O)O. The molecule has 0 amide bonds. The summed E-state index contributed by atoms with van der Waals surface area (Å²) in [5.74, 6) is 0. The van der Waals surface area contributed by atoms with E-state index in [1.54, 1.807) is 0 Å². The highest BCUT2D eigenvalue weighted by Gasteiger charge is 1.94. The molecule has 0 saturated carbocycles. The maximum Gasteiger partial charge on any atom is 0.314 e. The normalized spacial score (nSPS) is 10.6. The maximum absolute atomic E-state index is 8.74. The number of unbranched alkanes of at least 4 members (excludes halogenated alkanes) is 26. The molecule has 0 spiro atoms. The maximum atomic E-state index is 8.74. The number of hydrogen-bond acceptors (Lipinski definition) is 1. The molecule has 0 aliphatic heterocycles. The lowest BCUT2D eigenvalue weighted by molar-refractivity contribution is 0.405. The van der Waals surface area contributed by atoms with Crippen LogP contribution in [-0.4, -0.2) is 9.79 Å². The van der Waals surface area contributed by atoms with Crippen LogP contribution in [0.5, 0.6) is 0 Å². The summed E-state index contributed by atoms with van der Waals surface area (Å²) >= 11 is 0. The van der Waals surface area contributed by atoms with Crippen molar-refractivity contribution in [1.29, 1.82) is 0 Å². The largest absolute Gasteiger partial charge is 0.326 e. The molecule has 3 nitrogen and oxygen atoms in total. The van der Waals surface area contributed by atoms with Crippen molar-refractivity contribution in [2.45, 2.75) is 207 Å². The second-order valence-electron chi connectivity index (χ2n) is 10.8. The van der Waals surface area contributed by atoms with E-state index in [1.807, 2.05) is 0 Å². The fourth-order valence-corrected chi connectivity index (χ4v) is 4.54. The Morgan fingerprint density at radius 3 is 0.472 bits per heavy atom. The van der Waals surface area contributed by atoms with Crippen LogP contribution < -0.4 is 0 Å².